The molecule has 284 valence electrons. The van der Waals surface area contributed by atoms with Crippen LogP contribution in [0.25, 0.3) is 42.4 Å². The fraction of sp³-hybridized carbons (Fsp3) is 0.0909. The molecule has 3 nitrogen and oxygen atoms in total. The van der Waals surface area contributed by atoms with Crippen molar-refractivity contribution in [2.24, 2.45) is 15.9 Å². The van der Waals surface area contributed by atoms with Crippen LogP contribution in [0.4, 0.5) is 17.1 Å². The quantitative estimate of drug-likeness (QED) is 0.151. The highest BCUT2D eigenvalue weighted by Gasteiger charge is 2.26. The summed E-state index contributed by atoms with van der Waals surface area (Å²) in [4.78, 5) is 13.7. The molecule has 0 spiro atoms. The van der Waals surface area contributed by atoms with Crippen LogP contribution in [0, 0.1) is 5.92 Å². The van der Waals surface area contributed by atoms with Gasteiger partial charge in [-0.2, -0.15) is 0 Å². The second kappa shape index (κ2) is 16.2. The third-order valence-corrected chi connectivity index (χ3v) is 12.7. The Balaban J connectivity index is 1.21. The first kappa shape index (κ1) is 36.5. The van der Waals surface area contributed by atoms with Crippen molar-refractivity contribution in [1.29, 1.82) is 0 Å². The number of fused-ring (bicyclic) bond motifs is 3. The van der Waals surface area contributed by atoms with Crippen molar-refractivity contribution in [3.63, 3.8) is 0 Å². The largest absolute Gasteiger partial charge is 0.310 e. The van der Waals surface area contributed by atoms with E-state index in [-0.39, 0.29) is 6.04 Å². The number of aliphatic imine (C=N–C) groups is 2. The molecule has 10 rings (SSSR count). The highest BCUT2D eigenvalue weighted by atomic mass is 32.1. The molecule has 0 amide bonds. The van der Waals surface area contributed by atoms with Crippen LogP contribution < -0.4 is 4.90 Å². The van der Waals surface area contributed by atoms with E-state index in [0.29, 0.717) is 5.92 Å². The van der Waals surface area contributed by atoms with Gasteiger partial charge in [0.2, 0.25) is 0 Å². The molecule has 1 unspecified atom stereocenters. The van der Waals surface area contributed by atoms with Gasteiger partial charge in [0, 0.05) is 42.8 Å². The Morgan fingerprint density at radius 3 is 1.59 bits per heavy atom. The lowest BCUT2D eigenvalue weighted by molar-refractivity contribution is 0.446. The van der Waals surface area contributed by atoms with Crippen LogP contribution in [0.1, 0.15) is 42.5 Å². The van der Waals surface area contributed by atoms with E-state index in [0.717, 1.165) is 52.6 Å². The predicted octanol–water partition coefficient (Wildman–Crippen LogP) is 15.3. The number of hydrogen-bond donors (Lipinski definition) is 0. The lowest BCUT2D eigenvalue weighted by atomic mass is 9.88. The van der Waals surface area contributed by atoms with Crippen LogP contribution >= 0.6 is 11.3 Å². The first-order valence-corrected chi connectivity index (χ1v) is 21.3. The molecule has 2 atom stereocenters. The first-order chi connectivity index (χ1) is 29.2. The highest BCUT2D eigenvalue weighted by Crippen LogP contribution is 2.44. The minimum atomic E-state index is -0.0388. The first-order valence-electron chi connectivity index (χ1n) is 20.5. The van der Waals surface area contributed by atoms with Crippen LogP contribution in [-0.4, -0.2) is 11.5 Å². The van der Waals surface area contributed by atoms with Gasteiger partial charge in [0.15, 0.2) is 5.84 Å². The van der Waals surface area contributed by atoms with Crippen molar-refractivity contribution in [3.8, 4) is 22.3 Å². The van der Waals surface area contributed by atoms with Crippen LogP contribution in [0.3, 0.4) is 0 Å². The highest BCUT2D eigenvalue weighted by molar-refractivity contribution is 7.26. The Hall–Kier alpha value is -6.88. The topological polar surface area (TPSA) is 28.0 Å². The number of benzene rings is 8. The molecular formula is C55H43N3S. The Labute approximate surface area is 350 Å². The fourth-order valence-corrected chi connectivity index (χ4v) is 9.64. The van der Waals surface area contributed by atoms with E-state index in [1.807, 2.05) is 11.3 Å². The van der Waals surface area contributed by atoms with Crippen molar-refractivity contribution in [2.75, 3.05) is 4.90 Å². The van der Waals surface area contributed by atoms with Crippen molar-refractivity contribution in [1.82, 2.24) is 0 Å². The second-order valence-corrected chi connectivity index (χ2v) is 16.5. The lowest BCUT2D eigenvalue weighted by Crippen LogP contribution is -2.18. The molecular weight excluding hydrogens is 735 g/mol. The average Bonchev–Trinajstić information content (AvgIpc) is 3.68. The molecule has 0 bridgehead atoms. The van der Waals surface area contributed by atoms with Gasteiger partial charge >= 0.3 is 0 Å². The van der Waals surface area contributed by atoms with Gasteiger partial charge in [-0.05, 0) is 94.6 Å². The zero-order valence-electron chi connectivity index (χ0n) is 32.9. The van der Waals surface area contributed by atoms with Gasteiger partial charge in [0.05, 0.1) is 11.8 Å². The average molecular weight is 778 g/mol. The number of rotatable bonds is 8. The summed E-state index contributed by atoms with van der Waals surface area (Å²) in [6.07, 6.45) is 1.86. The van der Waals surface area contributed by atoms with Crippen LogP contribution in [0.2, 0.25) is 0 Å². The van der Waals surface area contributed by atoms with Crippen LogP contribution in [0.15, 0.2) is 216 Å². The number of hydrogen-bond acceptors (Lipinski definition) is 4. The molecule has 8 aromatic carbocycles. The van der Waals surface area contributed by atoms with Crippen molar-refractivity contribution < 1.29 is 0 Å². The Morgan fingerprint density at radius 2 is 1.00 bits per heavy atom. The number of amidine groups is 1. The van der Waals surface area contributed by atoms with Gasteiger partial charge < -0.3 is 4.90 Å². The third-order valence-electron chi connectivity index (χ3n) is 11.6. The monoisotopic (exact) mass is 777 g/mol. The van der Waals surface area contributed by atoms with E-state index < -0.39 is 0 Å². The maximum absolute atomic E-state index is 5.72. The van der Waals surface area contributed by atoms with Gasteiger partial charge in [0.1, 0.15) is 0 Å². The van der Waals surface area contributed by atoms with Crippen LogP contribution in [0.5, 0.6) is 0 Å². The summed E-state index contributed by atoms with van der Waals surface area (Å²) in [7, 11) is 0. The van der Waals surface area contributed by atoms with E-state index >= 15 is 0 Å². The molecule has 0 saturated carbocycles. The maximum atomic E-state index is 5.72. The molecule has 1 aromatic heterocycles. The summed E-state index contributed by atoms with van der Waals surface area (Å²) in [5.74, 6) is 1.08. The van der Waals surface area contributed by atoms with Gasteiger partial charge in [-0.15, -0.1) is 11.3 Å². The minimum absolute atomic E-state index is 0.0388. The maximum Gasteiger partial charge on any atom is 0.156 e. The zero-order chi connectivity index (χ0) is 39.5. The standard InChI is InChI=1S/C55H43N3S/c1-38-26-35-50(43-20-10-4-11-21-43)56-55(57-54(38)44-22-12-5-13-23-44)49-36-47(37-52-53(49)48-24-14-15-25-51(48)59-52)58(45-31-27-41(28-32-45)39-16-6-2-7-17-39)46-33-29-42(30-34-46)40-18-8-3-9-19-40/h2-25,27-34,36-38,54H,26,35H2,1H3/t38-,54?/m1/s1. The van der Waals surface area contributed by atoms with Crippen LogP contribution in [-0.2, 0) is 0 Å². The third kappa shape index (κ3) is 7.40. The molecule has 0 fully saturated rings. The van der Waals surface area contributed by atoms with Crippen molar-refractivity contribution in [2.45, 2.75) is 25.8 Å². The molecule has 0 N–H and O–H groups in total. The molecule has 1 aliphatic rings. The number of nitrogens with zero attached hydrogens (tertiary/aromatic N) is 3. The predicted molar refractivity (Wildman–Crippen MR) is 252 cm³/mol. The van der Waals surface area contributed by atoms with E-state index in [2.05, 4.69) is 218 Å². The Morgan fingerprint density at radius 1 is 0.492 bits per heavy atom. The van der Waals surface area contributed by atoms with Gasteiger partial charge in [0.25, 0.3) is 0 Å². The molecule has 0 saturated heterocycles. The lowest BCUT2D eigenvalue weighted by Gasteiger charge is -2.28. The van der Waals surface area contributed by atoms with E-state index in [9.17, 15) is 0 Å². The number of thiophene rings is 1. The van der Waals surface area contributed by atoms with E-state index in [1.54, 1.807) is 0 Å². The summed E-state index contributed by atoms with van der Waals surface area (Å²) >= 11 is 1.84. The van der Waals surface area contributed by atoms with Gasteiger partial charge in [-0.25, -0.2) is 4.99 Å². The van der Waals surface area contributed by atoms with Crippen molar-refractivity contribution >= 4 is 60.1 Å². The van der Waals surface area contributed by atoms with E-state index in [4.69, 9.17) is 9.98 Å². The molecule has 0 radical (unpaired) electrons. The molecule has 1 aliphatic heterocycles. The molecule has 2 heterocycles. The van der Waals surface area contributed by atoms with Gasteiger partial charge in [-0.1, -0.05) is 171 Å². The molecule has 4 heteroatoms. The molecule has 0 aliphatic carbocycles. The molecule has 9 aromatic rings. The smallest absolute Gasteiger partial charge is 0.156 e. The van der Waals surface area contributed by atoms with Crippen molar-refractivity contribution in [3.05, 3.63) is 223 Å². The molecule has 59 heavy (non-hydrogen) atoms. The van der Waals surface area contributed by atoms with E-state index in [1.165, 1.54) is 48.0 Å². The van der Waals surface area contributed by atoms with Gasteiger partial charge in [-0.3, -0.25) is 4.99 Å². The Bertz CT molecular complexity index is 2830. The zero-order valence-corrected chi connectivity index (χ0v) is 33.8. The number of anilines is 3. The summed E-state index contributed by atoms with van der Waals surface area (Å²) in [6.45, 7) is 2.35. The normalized spacial score (nSPS) is 15.6. The minimum Gasteiger partial charge on any atom is -0.310 e. The second-order valence-electron chi connectivity index (χ2n) is 15.4. The SMILES string of the molecule is C[C@@H]1CCC(c2ccccc2)=NC(c2cc(N(c3ccc(-c4ccccc4)cc3)c3ccc(-c4ccccc4)cc3)cc3sc4ccccc4c23)=NC1c1ccccc1. The Kier molecular flexibility index (Phi) is 9.99. The summed E-state index contributed by atoms with van der Waals surface area (Å²) in [5, 5.41) is 2.42. The summed E-state index contributed by atoms with van der Waals surface area (Å²) in [6, 6.07) is 74.0. The summed E-state index contributed by atoms with van der Waals surface area (Å²) < 4.78 is 2.45. The fourth-order valence-electron chi connectivity index (χ4n) is 8.48. The summed E-state index contributed by atoms with van der Waals surface area (Å²) in [5.41, 5.74) is 12.5.